The minimum absolute atomic E-state index is 0.227. The lowest BCUT2D eigenvalue weighted by Gasteiger charge is -2.09. The summed E-state index contributed by atoms with van der Waals surface area (Å²) in [6.07, 6.45) is 0. The number of esters is 1. The fraction of sp³-hybridized carbons (Fsp3) is 0.250. The van der Waals surface area contributed by atoms with Crippen molar-refractivity contribution < 1.29 is 23.9 Å². The number of amides is 2. The number of rotatable bonds is 9. The number of hydrogen-bond acceptors (Lipinski definition) is 5. The molecule has 0 aliphatic heterocycles. The Morgan fingerprint density at radius 3 is 2.39 bits per heavy atom. The third-order valence-corrected chi connectivity index (χ3v) is 3.99. The average Bonchev–Trinajstić information content (AvgIpc) is 2.70. The van der Waals surface area contributed by atoms with Gasteiger partial charge in [0.15, 0.2) is 6.61 Å². The van der Waals surface area contributed by atoms with Crippen LogP contribution in [-0.4, -0.2) is 37.5 Å². The number of nitrogens with one attached hydrogen (secondary N) is 2. The molecule has 0 aliphatic carbocycles. The first-order valence-electron chi connectivity index (χ1n) is 8.66. The topological polar surface area (TPSA) is 93.7 Å². The molecule has 148 valence electrons. The molecule has 2 aromatic carbocycles. The predicted molar refractivity (Wildman–Crippen MR) is 104 cm³/mol. The molecule has 0 saturated heterocycles. The average molecular weight is 405 g/mol. The highest BCUT2D eigenvalue weighted by Crippen LogP contribution is 2.14. The maximum Gasteiger partial charge on any atom is 0.325 e. The molecule has 8 heteroatoms. The lowest BCUT2D eigenvalue weighted by Crippen LogP contribution is -2.33. The van der Waals surface area contributed by atoms with Crippen LogP contribution in [0.1, 0.15) is 22.8 Å². The summed E-state index contributed by atoms with van der Waals surface area (Å²) in [7, 11) is 0. The van der Waals surface area contributed by atoms with Crippen molar-refractivity contribution in [2.24, 2.45) is 0 Å². The van der Waals surface area contributed by atoms with Gasteiger partial charge in [-0.05, 0) is 42.8 Å². The Kier molecular flexibility index (Phi) is 8.30. The van der Waals surface area contributed by atoms with E-state index in [0.29, 0.717) is 22.9 Å². The summed E-state index contributed by atoms with van der Waals surface area (Å²) in [5, 5.41) is 5.58. The number of benzene rings is 2. The van der Waals surface area contributed by atoms with Gasteiger partial charge in [-0.3, -0.25) is 14.4 Å². The molecule has 0 heterocycles. The van der Waals surface area contributed by atoms with Crippen LogP contribution in [0.2, 0.25) is 5.02 Å². The van der Waals surface area contributed by atoms with E-state index in [2.05, 4.69) is 10.6 Å². The van der Waals surface area contributed by atoms with E-state index in [1.165, 1.54) is 0 Å². The van der Waals surface area contributed by atoms with Crippen LogP contribution in [0.25, 0.3) is 0 Å². The molecule has 0 radical (unpaired) electrons. The van der Waals surface area contributed by atoms with Crippen LogP contribution < -0.4 is 15.4 Å². The third-order valence-electron chi connectivity index (χ3n) is 3.62. The Hall–Kier alpha value is -3.06. The Morgan fingerprint density at radius 2 is 1.71 bits per heavy atom. The number of carbonyl (C=O) groups is 3. The maximum atomic E-state index is 12.0. The molecule has 0 unspecified atom stereocenters. The summed E-state index contributed by atoms with van der Waals surface area (Å²) < 4.78 is 10.1. The molecule has 0 aliphatic rings. The lowest BCUT2D eigenvalue weighted by atomic mass is 10.2. The highest BCUT2D eigenvalue weighted by atomic mass is 35.5. The second kappa shape index (κ2) is 10.9. The van der Waals surface area contributed by atoms with E-state index in [1.54, 1.807) is 48.5 Å². The Bertz CT molecular complexity index is 824. The molecule has 0 saturated carbocycles. The zero-order valence-electron chi connectivity index (χ0n) is 15.4. The van der Waals surface area contributed by atoms with Gasteiger partial charge in [0, 0.05) is 17.1 Å². The molecular weight excluding hydrogens is 384 g/mol. The van der Waals surface area contributed by atoms with Gasteiger partial charge in [0.25, 0.3) is 11.8 Å². The van der Waals surface area contributed by atoms with Gasteiger partial charge in [0.1, 0.15) is 12.3 Å². The van der Waals surface area contributed by atoms with Crippen LogP contribution in [0.3, 0.4) is 0 Å². The molecule has 2 rings (SSSR count). The smallest absolute Gasteiger partial charge is 0.325 e. The Labute approximate surface area is 168 Å². The second-order valence-electron chi connectivity index (χ2n) is 5.67. The molecule has 0 fully saturated rings. The maximum absolute atomic E-state index is 12.0. The summed E-state index contributed by atoms with van der Waals surface area (Å²) in [6, 6.07) is 13.6. The van der Waals surface area contributed by atoms with Gasteiger partial charge in [-0.15, -0.1) is 0 Å². The number of halogens is 1. The summed E-state index contributed by atoms with van der Waals surface area (Å²) in [5.41, 5.74) is 1.14. The van der Waals surface area contributed by atoms with Gasteiger partial charge in [0.05, 0.1) is 6.61 Å². The number of ether oxygens (including phenoxy) is 2. The minimum atomic E-state index is -0.716. The van der Waals surface area contributed by atoms with E-state index >= 15 is 0 Å². The molecule has 0 bridgehead atoms. The molecule has 2 amide bonds. The van der Waals surface area contributed by atoms with Crippen LogP contribution >= 0.6 is 11.6 Å². The molecule has 0 aromatic heterocycles. The summed E-state index contributed by atoms with van der Waals surface area (Å²) in [5.74, 6) is -0.956. The standard InChI is InChI=1S/C20H21ClN2O5/c1-2-27-16-9-7-14(8-10-16)20(26)23-12-19(25)28-13-18(24)22-11-15-5-3-4-6-17(15)21/h3-10H,2,11-13H2,1H3,(H,22,24)(H,23,26). The molecule has 0 spiro atoms. The van der Waals surface area contributed by atoms with Crippen molar-refractivity contribution in [1.29, 1.82) is 0 Å². The van der Waals surface area contributed by atoms with Crippen molar-refractivity contribution in [2.75, 3.05) is 19.8 Å². The Balaban J connectivity index is 1.68. The van der Waals surface area contributed by atoms with Crippen molar-refractivity contribution in [3.05, 3.63) is 64.7 Å². The molecule has 2 N–H and O–H groups in total. The van der Waals surface area contributed by atoms with Gasteiger partial charge < -0.3 is 20.1 Å². The first-order chi connectivity index (χ1) is 13.5. The van der Waals surface area contributed by atoms with Crippen molar-refractivity contribution >= 4 is 29.4 Å². The van der Waals surface area contributed by atoms with Crippen LogP contribution in [0.5, 0.6) is 5.75 Å². The van der Waals surface area contributed by atoms with Crippen molar-refractivity contribution in [3.8, 4) is 5.75 Å². The Morgan fingerprint density at radius 1 is 1.00 bits per heavy atom. The van der Waals surface area contributed by atoms with Crippen LogP contribution in [0.15, 0.2) is 48.5 Å². The fourth-order valence-electron chi connectivity index (χ4n) is 2.21. The molecular formula is C20H21ClN2O5. The normalized spacial score (nSPS) is 10.1. The first kappa shape index (κ1) is 21.2. The van der Waals surface area contributed by atoms with Gasteiger partial charge >= 0.3 is 5.97 Å². The highest BCUT2D eigenvalue weighted by Gasteiger charge is 2.11. The lowest BCUT2D eigenvalue weighted by molar-refractivity contribution is -0.147. The van der Waals surface area contributed by atoms with Crippen molar-refractivity contribution in [1.82, 2.24) is 10.6 Å². The molecule has 28 heavy (non-hydrogen) atoms. The van der Waals surface area contributed by atoms with E-state index in [1.807, 2.05) is 6.92 Å². The van der Waals surface area contributed by atoms with E-state index in [-0.39, 0.29) is 13.1 Å². The van der Waals surface area contributed by atoms with Gasteiger partial charge in [-0.1, -0.05) is 29.8 Å². The zero-order valence-corrected chi connectivity index (χ0v) is 16.1. The molecule has 0 atom stereocenters. The monoisotopic (exact) mass is 404 g/mol. The zero-order chi connectivity index (χ0) is 20.4. The van der Waals surface area contributed by atoms with Crippen LogP contribution in [0.4, 0.5) is 0 Å². The van der Waals surface area contributed by atoms with Gasteiger partial charge in [-0.2, -0.15) is 0 Å². The van der Waals surface area contributed by atoms with E-state index in [0.717, 1.165) is 5.56 Å². The summed E-state index contributed by atoms with van der Waals surface area (Å²) in [6.45, 7) is 1.84. The molecule has 7 nitrogen and oxygen atoms in total. The van der Waals surface area contributed by atoms with E-state index in [4.69, 9.17) is 21.1 Å². The number of carbonyl (C=O) groups excluding carboxylic acids is 3. The van der Waals surface area contributed by atoms with Crippen molar-refractivity contribution in [2.45, 2.75) is 13.5 Å². The second-order valence-corrected chi connectivity index (χ2v) is 6.08. The summed E-state index contributed by atoms with van der Waals surface area (Å²) >= 11 is 6.00. The number of hydrogen-bond donors (Lipinski definition) is 2. The first-order valence-corrected chi connectivity index (χ1v) is 9.04. The summed E-state index contributed by atoms with van der Waals surface area (Å²) in [4.78, 5) is 35.4. The molecule has 2 aromatic rings. The fourth-order valence-corrected chi connectivity index (χ4v) is 2.41. The van der Waals surface area contributed by atoms with E-state index < -0.39 is 24.4 Å². The quantitative estimate of drug-likeness (QED) is 0.625. The predicted octanol–water partition coefficient (Wildman–Crippen LogP) is 2.33. The van der Waals surface area contributed by atoms with Crippen LogP contribution in [0, 0.1) is 0 Å². The van der Waals surface area contributed by atoms with Gasteiger partial charge in [0.2, 0.25) is 0 Å². The third kappa shape index (κ3) is 6.92. The van der Waals surface area contributed by atoms with Gasteiger partial charge in [-0.25, -0.2) is 0 Å². The minimum Gasteiger partial charge on any atom is -0.494 e. The highest BCUT2D eigenvalue weighted by molar-refractivity contribution is 6.31. The van der Waals surface area contributed by atoms with E-state index in [9.17, 15) is 14.4 Å². The SMILES string of the molecule is CCOc1ccc(C(=O)NCC(=O)OCC(=O)NCc2ccccc2Cl)cc1. The van der Waals surface area contributed by atoms with Crippen molar-refractivity contribution in [3.63, 3.8) is 0 Å². The van der Waals surface area contributed by atoms with Crippen LogP contribution in [-0.2, 0) is 20.9 Å². The largest absolute Gasteiger partial charge is 0.494 e.